The summed E-state index contributed by atoms with van der Waals surface area (Å²) < 4.78 is 10.8. The van der Waals surface area contributed by atoms with Crippen LogP contribution in [0.25, 0.3) is 10.6 Å². The molecule has 0 saturated carbocycles. The first-order valence-electron chi connectivity index (χ1n) is 10.2. The molecule has 1 N–H and O–H groups in total. The topological polar surface area (TPSA) is 77.5 Å². The van der Waals surface area contributed by atoms with Gasteiger partial charge >= 0.3 is 5.97 Å². The van der Waals surface area contributed by atoms with Crippen LogP contribution < -0.4 is 10.1 Å². The lowest BCUT2D eigenvalue weighted by Gasteiger charge is -2.24. The zero-order chi connectivity index (χ0) is 23.3. The van der Waals surface area contributed by atoms with E-state index in [-0.39, 0.29) is 5.91 Å². The number of nitrogens with zero attached hydrogens (tertiary/aromatic N) is 1. The van der Waals surface area contributed by atoms with Gasteiger partial charge in [0.2, 0.25) is 0 Å². The van der Waals surface area contributed by atoms with Crippen molar-refractivity contribution in [3.8, 4) is 16.3 Å². The van der Waals surface area contributed by atoms with Gasteiger partial charge in [-0.05, 0) is 57.5 Å². The third-order valence-electron chi connectivity index (χ3n) is 4.61. The second-order valence-corrected chi connectivity index (χ2v) is 9.04. The number of amides is 1. The van der Waals surface area contributed by atoms with E-state index >= 15 is 0 Å². The van der Waals surface area contributed by atoms with E-state index in [1.54, 1.807) is 45.0 Å². The monoisotopic (exact) mass is 472 g/mol. The van der Waals surface area contributed by atoms with Crippen LogP contribution in [0.1, 0.15) is 41.7 Å². The molecular formula is C24H25ClN2O4S. The molecule has 0 fully saturated rings. The van der Waals surface area contributed by atoms with Crippen molar-refractivity contribution in [2.75, 3.05) is 6.61 Å². The van der Waals surface area contributed by atoms with Gasteiger partial charge in [-0.3, -0.25) is 4.79 Å². The lowest BCUT2D eigenvalue weighted by atomic mass is 10.1. The molecule has 1 heterocycles. The van der Waals surface area contributed by atoms with Gasteiger partial charge in [-0.1, -0.05) is 35.9 Å². The van der Waals surface area contributed by atoms with Crippen LogP contribution >= 0.6 is 22.9 Å². The first kappa shape index (κ1) is 23.8. The Bertz CT molecular complexity index is 1090. The summed E-state index contributed by atoms with van der Waals surface area (Å²) in [6.07, 6.45) is 0. The van der Waals surface area contributed by atoms with Crippen LogP contribution in [0, 0.1) is 6.92 Å². The fourth-order valence-electron chi connectivity index (χ4n) is 2.90. The van der Waals surface area contributed by atoms with Gasteiger partial charge in [0.1, 0.15) is 15.6 Å². The highest BCUT2D eigenvalue weighted by Gasteiger charge is 2.31. The van der Waals surface area contributed by atoms with Crippen molar-refractivity contribution in [2.45, 2.75) is 39.8 Å². The molecule has 0 spiro atoms. The molecule has 8 heteroatoms. The highest BCUT2D eigenvalue weighted by Crippen LogP contribution is 2.29. The Hall–Kier alpha value is -2.90. The molecule has 0 aliphatic carbocycles. The molecule has 0 radical (unpaired) electrons. The van der Waals surface area contributed by atoms with Crippen molar-refractivity contribution in [2.24, 2.45) is 0 Å². The molecule has 32 heavy (non-hydrogen) atoms. The number of halogens is 1. The molecule has 0 aliphatic rings. The normalized spacial score (nSPS) is 11.2. The van der Waals surface area contributed by atoms with Gasteiger partial charge < -0.3 is 14.8 Å². The highest BCUT2D eigenvalue weighted by atomic mass is 35.5. The average Bonchev–Trinajstić information content (AvgIpc) is 3.15. The Morgan fingerprint density at radius 1 is 1.09 bits per heavy atom. The van der Waals surface area contributed by atoms with E-state index in [1.165, 1.54) is 11.3 Å². The smallest absolute Gasteiger partial charge is 0.349 e. The average molecular weight is 473 g/mol. The van der Waals surface area contributed by atoms with Gasteiger partial charge in [-0.25, -0.2) is 9.78 Å². The van der Waals surface area contributed by atoms with Gasteiger partial charge in [0, 0.05) is 17.1 Å². The number of hydrogen-bond acceptors (Lipinski definition) is 6. The fourth-order valence-corrected chi connectivity index (χ4v) is 4.02. The number of benzene rings is 2. The van der Waals surface area contributed by atoms with E-state index in [2.05, 4.69) is 10.3 Å². The summed E-state index contributed by atoms with van der Waals surface area (Å²) in [4.78, 5) is 29.8. The van der Waals surface area contributed by atoms with Crippen LogP contribution in [-0.4, -0.2) is 29.1 Å². The van der Waals surface area contributed by atoms with Crippen molar-refractivity contribution in [1.82, 2.24) is 10.3 Å². The molecule has 168 valence electrons. The number of thiazole rings is 1. The van der Waals surface area contributed by atoms with Crippen molar-refractivity contribution < 1.29 is 19.1 Å². The Morgan fingerprint density at radius 2 is 1.75 bits per heavy atom. The molecule has 1 amide bonds. The van der Waals surface area contributed by atoms with Crippen LogP contribution in [-0.2, 0) is 16.1 Å². The van der Waals surface area contributed by atoms with E-state index in [0.29, 0.717) is 34.5 Å². The van der Waals surface area contributed by atoms with Crippen molar-refractivity contribution >= 4 is 34.8 Å². The molecule has 0 bridgehead atoms. The van der Waals surface area contributed by atoms with E-state index < -0.39 is 11.6 Å². The molecule has 3 rings (SSSR count). The minimum Gasteiger partial charge on any atom is -0.476 e. The minimum atomic E-state index is -1.09. The van der Waals surface area contributed by atoms with Gasteiger partial charge in [-0.2, -0.15) is 0 Å². The maximum absolute atomic E-state index is 12.7. The number of hydrogen-bond donors (Lipinski definition) is 1. The number of aromatic nitrogens is 1. The molecule has 0 aliphatic heterocycles. The number of carbonyl (C=O) groups is 2. The summed E-state index contributed by atoms with van der Waals surface area (Å²) in [5.74, 6) is -0.0535. The Kier molecular flexibility index (Phi) is 7.53. The van der Waals surface area contributed by atoms with E-state index in [0.717, 1.165) is 16.1 Å². The molecule has 0 atom stereocenters. The first-order valence-corrected chi connectivity index (χ1v) is 11.4. The Balaban J connectivity index is 1.60. The van der Waals surface area contributed by atoms with Crippen LogP contribution in [0.3, 0.4) is 0 Å². The fraction of sp³-hybridized carbons (Fsp3) is 0.292. The minimum absolute atomic E-state index is 0.177. The first-order chi connectivity index (χ1) is 15.2. The number of esters is 1. The zero-order valence-corrected chi connectivity index (χ0v) is 20.0. The van der Waals surface area contributed by atoms with Crippen molar-refractivity contribution in [3.63, 3.8) is 0 Å². The molecule has 3 aromatic rings. The van der Waals surface area contributed by atoms with Crippen LogP contribution in [0.4, 0.5) is 0 Å². The van der Waals surface area contributed by atoms with E-state index in [1.807, 2.05) is 31.2 Å². The maximum Gasteiger partial charge on any atom is 0.349 e. The van der Waals surface area contributed by atoms with Gasteiger partial charge in [0.05, 0.1) is 12.3 Å². The van der Waals surface area contributed by atoms with Gasteiger partial charge in [0.25, 0.3) is 5.91 Å². The van der Waals surface area contributed by atoms with Gasteiger partial charge in [0.15, 0.2) is 5.60 Å². The summed E-state index contributed by atoms with van der Waals surface area (Å²) in [5.41, 5.74) is 1.42. The second kappa shape index (κ2) is 10.1. The summed E-state index contributed by atoms with van der Waals surface area (Å²) >= 11 is 7.29. The molecule has 0 unspecified atom stereocenters. The standard InChI is InChI=1S/C24H25ClN2O4S/c1-5-30-23(29)24(3,4)31-19-12-6-16(7-13-19)14-26-21(28)20-15(2)27-22(32-20)17-8-10-18(25)11-9-17/h6-13H,5,14H2,1-4H3,(H,26,28). The lowest BCUT2D eigenvalue weighted by molar-refractivity contribution is -0.158. The SMILES string of the molecule is CCOC(=O)C(C)(C)Oc1ccc(CNC(=O)c2sc(-c3ccc(Cl)cc3)nc2C)cc1. The van der Waals surface area contributed by atoms with Crippen LogP contribution in [0.5, 0.6) is 5.75 Å². The number of ether oxygens (including phenoxy) is 2. The second-order valence-electron chi connectivity index (χ2n) is 7.60. The third kappa shape index (κ3) is 5.87. The quantitative estimate of drug-likeness (QED) is 0.443. The molecule has 1 aromatic heterocycles. The molecule has 2 aromatic carbocycles. The summed E-state index contributed by atoms with van der Waals surface area (Å²) in [5, 5.41) is 4.35. The zero-order valence-electron chi connectivity index (χ0n) is 18.4. The lowest BCUT2D eigenvalue weighted by Crippen LogP contribution is -2.39. The molecule has 6 nitrogen and oxygen atoms in total. The van der Waals surface area contributed by atoms with E-state index in [4.69, 9.17) is 21.1 Å². The van der Waals surface area contributed by atoms with Crippen LogP contribution in [0.2, 0.25) is 5.02 Å². The van der Waals surface area contributed by atoms with Crippen LogP contribution in [0.15, 0.2) is 48.5 Å². The summed E-state index contributed by atoms with van der Waals surface area (Å²) in [7, 11) is 0. The Morgan fingerprint density at radius 3 is 2.38 bits per heavy atom. The largest absolute Gasteiger partial charge is 0.476 e. The van der Waals surface area contributed by atoms with Crippen molar-refractivity contribution in [3.05, 3.63) is 69.7 Å². The maximum atomic E-state index is 12.7. The van der Waals surface area contributed by atoms with Crippen molar-refractivity contribution in [1.29, 1.82) is 0 Å². The molecular weight excluding hydrogens is 448 g/mol. The number of carbonyl (C=O) groups excluding carboxylic acids is 2. The predicted octanol–water partition coefficient (Wildman–Crippen LogP) is 5.42. The van der Waals surface area contributed by atoms with Gasteiger partial charge in [-0.15, -0.1) is 11.3 Å². The highest BCUT2D eigenvalue weighted by molar-refractivity contribution is 7.17. The predicted molar refractivity (Wildman–Crippen MR) is 126 cm³/mol. The Labute approximate surface area is 196 Å². The summed E-state index contributed by atoms with van der Waals surface area (Å²) in [6, 6.07) is 14.6. The third-order valence-corrected chi connectivity index (χ3v) is 6.07. The number of rotatable bonds is 8. The summed E-state index contributed by atoms with van der Waals surface area (Å²) in [6.45, 7) is 7.55. The number of aryl methyl sites for hydroxylation is 1. The van der Waals surface area contributed by atoms with E-state index in [9.17, 15) is 9.59 Å². The molecule has 0 saturated heterocycles. The number of nitrogens with one attached hydrogen (secondary N) is 1.